The highest BCUT2D eigenvalue weighted by molar-refractivity contribution is 7.92. The number of sulfonamides is 1. The molecule has 1 heterocycles. The lowest BCUT2D eigenvalue weighted by Crippen LogP contribution is -2.38. The molecule has 0 saturated heterocycles. The maximum absolute atomic E-state index is 13.7. The third-order valence-corrected chi connectivity index (χ3v) is 7.74. The lowest BCUT2D eigenvalue weighted by molar-refractivity contribution is -0.114. The Morgan fingerprint density at radius 3 is 2.33 bits per heavy atom. The Kier molecular flexibility index (Phi) is 9.13. The van der Waals surface area contributed by atoms with Gasteiger partial charge in [-0.25, -0.2) is 8.42 Å². The van der Waals surface area contributed by atoms with Gasteiger partial charge in [0.25, 0.3) is 15.9 Å². The lowest BCUT2D eigenvalue weighted by atomic mass is 10.1. The number of para-hydroxylation sites is 1. The fraction of sp³-hybridized carbons (Fsp3) is 0.167. The van der Waals surface area contributed by atoms with Gasteiger partial charge in [-0.3, -0.25) is 18.9 Å². The van der Waals surface area contributed by atoms with Gasteiger partial charge in [0.2, 0.25) is 5.91 Å². The Bertz CT molecular complexity index is 1560. The van der Waals surface area contributed by atoms with Gasteiger partial charge in [-0.1, -0.05) is 35.9 Å². The van der Waals surface area contributed by atoms with Crippen molar-refractivity contribution in [2.45, 2.75) is 25.3 Å². The van der Waals surface area contributed by atoms with Crippen LogP contribution in [0.1, 0.15) is 28.4 Å². The normalized spacial score (nSPS) is 10.9. The van der Waals surface area contributed by atoms with E-state index in [2.05, 4.69) is 15.6 Å². The van der Waals surface area contributed by atoms with Crippen LogP contribution in [0.5, 0.6) is 5.75 Å². The highest BCUT2D eigenvalue weighted by Gasteiger charge is 2.28. The van der Waals surface area contributed by atoms with Crippen LogP contribution in [0.4, 0.5) is 11.4 Å². The minimum absolute atomic E-state index is 0.0134. The average Bonchev–Trinajstić information content (AvgIpc) is 2.96. The van der Waals surface area contributed by atoms with Crippen molar-refractivity contribution >= 4 is 33.2 Å². The summed E-state index contributed by atoms with van der Waals surface area (Å²) < 4.78 is 33.9. The van der Waals surface area contributed by atoms with Crippen LogP contribution in [0.25, 0.3) is 0 Å². The summed E-state index contributed by atoms with van der Waals surface area (Å²) >= 11 is 0. The van der Waals surface area contributed by atoms with Gasteiger partial charge in [0.1, 0.15) is 12.3 Å². The zero-order valence-corrected chi connectivity index (χ0v) is 23.0. The Labute approximate surface area is 233 Å². The number of amides is 2. The molecule has 0 aliphatic carbocycles. The summed E-state index contributed by atoms with van der Waals surface area (Å²) in [6.45, 7) is 3.93. The van der Waals surface area contributed by atoms with Crippen molar-refractivity contribution in [3.8, 4) is 5.75 Å². The number of aromatic nitrogens is 1. The number of benzene rings is 3. The number of nitrogens with one attached hydrogen (secondary N) is 2. The van der Waals surface area contributed by atoms with E-state index in [0.717, 1.165) is 15.4 Å². The molecule has 3 aromatic carbocycles. The summed E-state index contributed by atoms with van der Waals surface area (Å²) in [4.78, 5) is 30.2. The van der Waals surface area contributed by atoms with Gasteiger partial charge in [0.05, 0.1) is 28.4 Å². The van der Waals surface area contributed by atoms with Gasteiger partial charge in [-0.15, -0.1) is 0 Å². The van der Waals surface area contributed by atoms with E-state index in [1.807, 2.05) is 19.9 Å². The van der Waals surface area contributed by atoms with Gasteiger partial charge >= 0.3 is 0 Å². The van der Waals surface area contributed by atoms with Crippen LogP contribution in [0, 0.1) is 6.92 Å². The number of aryl methyl sites for hydroxylation is 1. The molecule has 0 saturated carbocycles. The molecule has 0 unspecified atom stereocenters. The van der Waals surface area contributed by atoms with E-state index < -0.39 is 28.4 Å². The molecule has 0 fully saturated rings. The van der Waals surface area contributed by atoms with E-state index >= 15 is 0 Å². The van der Waals surface area contributed by atoms with Crippen LogP contribution in [0.3, 0.4) is 0 Å². The molecule has 0 aliphatic rings. The number of hydrogen-bond acceptors (Lipinski definition) is 6. The first kappa shape index (κ1) is 28.3. The van der Waals surface area contributed by atoms with Gasteiger partial charge in [-0.2, -0.15) is 0 Å². The molecule has 4 aromatic rings. The molecular formula is C30H30N4O5S. The fourth-order valence-electron chi connectivity index (χ4n) is 3.92. The molecule has 4 rings (SSSR count). The highest BCUT2D eigenvalue weighted by Crippen LogP contribution is 2.26. The van der Waals surface area contributed by atoms with E-state index in [1.165, 1.54) is 12.1 Å². The standard InChI is InChI=1S/C30H30N4O5S/c1-3-39-25-14-16-26(17-15-25)40(37,38)34(24-12-10-22(2)11-13-24)21-29(35)33-28-9-5-4-8-27(28)30(36)32-20-23-7-6-18-31-19-23/h4-19H,3,20-21H2,1-2H3,(H,32,36)(H,33,35). The maximum atomic E-state index is 13.7. The zero-order valence-electron chi connectivity index (χ0n) is 22.2. The predicted octanol–water partition coefficient (Wildman–Crippen LogP) is 4.55. The molecule has 0 spiro atoms. The van der Waals surface area contributed by atoms with Crippen molar-refractivity contribution in [1.82, 2.24) is 10.3 Å². The molecule has 0 atom stereocenters. The highest BCUT2D eigenvalue weighted by atomic mass is 32.2. The number of anilines is 2. The summed E-state index contributed by atoms with van der Waals surface area (Å²) in [6, 6.07) is 23.0. The quantitative estimate of drug-likeness (QED) is 0.279. The number of carbonyl (C=O) groups is 2. The number of nitrogens with zero attached hydrogens (tertiary/aromatic N) is 2. The SMILES string of the molecule is CCOc1ccc(S(=O)(=O)N(CC(=O)Nc2ccccc2C(=O)NCc2cccnc2)c2ccc(C)cc2)cc1. The molecule has 40 heavy (non-hydrogen) atoms. The van der Waals surface area contributed by atoms with E-state index in [4.69, 9.17) is 4.74 Å². The van der Waals surface area contributed by atoms with E-state index in [0.29, 0.717) is 18.0 Å². The molecule has 9 nitrogen and oxygen atoms in total. The van der Waals surface area contributed by atoms with Crippen molar-refractivity contribution < 1.29 is 22.7 Å². The molecule has 2 N–H and O–H groups in total. The average molecular weight is 559 g/mol. The maximum Gasteiger partial charge on any atom is 0.264 e. The van der Waals surface area contributed by atoms with Crippen LogP contribution in [-0.4, -0.2) is 38.4 Å². The first-order chi connectivity index (χ1) is 19.3. The third kappa shape index (κ3) is 7.03. The number of ether oxygens (including phenoxy) is 1. The second-order valence-corrected chi connectivity index (χ2v) is 10.8. The Morgan fingerprint density at radius 1 is 0.925 bits per heavy atom. The van der Waals surface area contributed by atoms with Crippen LogP contribution in [-0.2, 0) is 21.4 Å². The summed E-state index contributed by atoms with van der Waals surface area (Å²) in [5.41, 5.74) is 2.61. The molecule has 0 bridgehead atoms. The first-order valence-corrected chi connectivity index (χ1v) is 14.1. The molecule has 10 heteroatoms. The smallest absolute Gasteiger partial charge is 0.264 e. The van der Waals surface area contributed by atoms with Crippen LogP contribution >= 0.6 is 0 Å². The van der Waals surface area contributed by atoms with Crippen LogP contribution in [0.2, 0.25) is 0 Å². The zero-order chi connectivity index (χ0) is 28.5. The number of hydrogen-bond donors (Lipinski definition) is 2. The number of carbonyl (C=O) groups excluding carboxylic acids is 2. The van der Waals surface area contributed by atoms with Crippen molar-refractivity contribution in [1.29, 1.82) is 0 Å². The largest absolute Gasteiger partial charge is 0.494 e. The van der Waals surface area contributed by atoms with Crippen LogP contribution in [0.15, 0.2) is 102 Å². The fourth-order valence-corrected chi connectivity index (χ4v) is 5.34. The summed E-state index contributed by atoms with van der Waals surface area (Å²) in [7, 11) is -4.12. The molecule has 1 aromatic heterocycles. The van der Waals surface area contributed by atoms with Crippen molar-refractivity contribution in [2.24, 2.45) is 0 Å². The lowest BCUT2D eigenvalue weighted by Gasteiger charge is -2.24. The number of pyridine rings is 1. The van der Waals surface area contributed by atoms with Crippen molar-refractivity contribution in [3.05, 3.63) is 114 Å². The van der Waals surface area contributed by atoms with Gasteiger partial charge in [0.15, 0.2) is 0 Å². The van der Waals surface area contributed by atoms with Crippen molar-refractivity contribution in [3.63, 3.8) is 0 Å². The van der Waals surface area contributed by atoms with Gasteiger partial charge in [-0.05, 0) is 74.0 Å². The predicted molar refractivity (Wildman–Crippen MR) is 154 cm³/mol. The monoisotopic (exact) mass is 558 g/mol. The molecular weight excluding hydrogens is 528 g/mol. The second kappa shape index (κ2) is 12.9. The second-order valence-electron chi connectivity index (χ2n) is 8.89. The minimum Gasteiger partial charge on any atom is -0.494 e. The summed E-state index contributed by atoms with van der Waals surface area (Å²) in [5, 5.41) is 5.53. The van der Waals surface area contributed by atoms with E-state index in [-0.39, 0.29) is 22.7 Å². The topological polar surface area (TPSA) is 118 Å². The first-order valence-electron chi connectivity index (χ1n) is 12.7. The summed E-state index contributed by atoms with van der Waals surface area (Å²) in [6.07, 6.45) is 3.30. The van der Waals surface area contributed by atoms with Crippen LogP contribution < -0.4 is 19.7 Å². The Hall–Kier alpha value is -4.70. The van der Waals surface area contributed by atoms with Gasteiger partial charge < -0.3 is 15.4 Å². The molecule has 2 amide bonds. The molecule has 206 valence electrons. The summed E-state index contributed by atoms with van der Waals surface area (Å²) in [5.74, 6) is -0.459. The molecule has 0 radical (unpaired) electrons. The van der Waals surface area contributed by atoms with Crippen molar-refractivity contribution in [2.75, 3.05) is 22.8 Å². The van der Waals surface area contributed by atoms with E-state index in [1.54, 1.807) is 79.1 Å². The Morgan fingerprint density at radius 2 is 1.65 bits per heavy atom. The Balaban J connectivity index is 1.56. The number of rotatable bonds is 11. The third-order valence-electron chi connectivity index (χ3n) is 5.95. The van der Waals surface area contributed by atoms with E-state index in [9.17, 15) is 18.0 Å². The molecule has 0 aliphatic heterocycles. The minimum atomic E-state index is -4.12. The van der Waals surface area contributed by atoms with Gasteiger partial charge in [0, 0.05) is 18.9 Å².